The van der Waals surface area contributed by atoms with Crippen molar-refractivity contribution in [2.24, 2.45) is 5.16 Å². The summed E-state index contributed by atoms with van der Waals surface area (Å²) in [5, 5.41) is 4.84. The molecule has 0 unspecified atom stereocenters. The fourth-order valence-corrected chi connectivity index (χ4v) is 2.24. The van der Waals surface area contributed by atoms with Gasteiger partial charge >= 0.3 is 5.97 Å². The highest BCUT2D eigenvalue weighted by atomic mass is 16.7. The first kappa shape index (κ1) is 14.1. The highest BCUT2D eigenvalue weighted by molar-refractivity contribution is 5.82. The van der Waals surface area contributed by atoms with E-state index in [4.69, 9.17) is 4.84 Å². The molecular weight excluding hydrogens is 276 g/mol. The monoisotopic (exact) mass is 292 g/mol. The van der Waals surface area contributed by atoms with Crippen LogP contribution >= 0.6 is 0 Å². The molecule has 0 N–H and O–H groups in total. The molecule has 1 aromatic heterocycles. The van der Waals surface area contributed by atoms with E-state index in [1.807, 2.05) is 72.3 Å². The van der Waals surface area contributed by atoms with Gasteiger partial charge in [0.15, 0.2) is 0 Å². The van der Waals surface area contributed by atoms with Crippen LogP contribution in [-0.2, 0) is 16.2 Å². The molecule has 0 aliphatic heterocycles. The second-order valence-electron chi connectivity index (χ2n) is 5.11. The first-order chi connectivity index (χ1) is 10.7. The molecule has 2 aromatic carbocycles. The lowest BCUT2D eigenvalue weighted by molar-refractivity contribution is -0.144. The van der Waals surface area contributed by atoms with Gasteiger partial charge in [0, 0.05) is 11.7 Å². The molecule has 1 heterocycles. The molecule has 0 aliphatic rings. The fraction of sp³-hybridized carbons (Fsp3) is 0.111. The van der Waals surface area contributed by atoms with E-state index in [0.717, 1.165) is 16.5 Å². The topological polar surface area (TPSA) is 43.6 Å². The maximum atomic E-state index is 11.8. The minimum Gasteiger partial charge on any atom is -0.336 e. The van der Waals surface area contributed by atoms with Gasteiger partial charge in [0.05, 0.1) is 6.21 Å². The van der Waals surface area contributed by atoms with Gasteiger partial charge in [-0.1, -0.05) is 53.2 Å². The maximum absolute atomic E-state index is 11.8. The molecule has 110 valence electrons. The lowest BCUT2D eigenvalue weighted by Gasteiger charge is -2.02. The van der Waals surface area contributed by atoms with Crippen molar-refractivity contribution in [3.63, 3.8) is 0 Å². The van der Waals surface area contributed by atoms with Crippen LogP contribution in [-0.4, -0.2) is 16.8 Å². The summed E-state index contributed by atoms with van der Waals surface area (Å²) in [5.74, 6) is -0.398. The molecule has 0 saturated carbocycles. The second-order valence-corrected chi connectivity index (χ2v) is 5.11. The van der Waals surface area contributed by atoms with Crippen molar-refractivity contribution in [1.82, 2.24) is 4.57 Å². The fourth-order valence-electron chi connectivity index (χ4n) is 2.24. The number of aromatic nitrogens is 1. The van der Waals surface area contributed by atoms with Gasteiger partial charge in [-0.2, -0.15) is 0 Å². The Balaban J connectivity index is 1.62. The van der Waals surface area contributed by atoms with E-state index in [1.54, 1.807) is 0 Å². The third-order valence-corrected chi connectivity index (χ3v) is 3.41. The summed E-state index contributed by atoms with van der Waals surface area (Å²) in [7, 11) is 0. The number of oxime groups is 1. The van der Waals surface area contributed by atoms with Gasteiger partial charge in [0.1, 0.15) is 6.54 Å². The minimum atomic E-state index is -0.398. The Labute approximate surface area is 128 Å². The molecule has 22 heavy (non-hydrogen) atoms. The van der Waals surface area contributed by atoms with Crippen LogP contribution in [0.5, 0.6) is 0 Å². The van der Waals surface area contributed by atoms with Crippen molar-refractivity contribution in [3.05, 3.63) is 71.9 Å². The van der Waals surface area contributed by atoms with Gasteiger partial charge in [-0.05, 0) is 30.0 Å². The smallest absolute Gasteiger partial charge is 0.336 e. The SMILES string of the molecule is Cc1ccc(C=NOC(=O)Cn2ccc3ccccc32)cc1. The number of hydrogen-bond donors (Lipinski definition) is 0. The Bertz CT molecular complexity index is 816. The Morgan fingerprint density at radius 2 is 1.91 bits per heavy atom. The Morgan fingerprint density at radius 3 is 2.73 bits per heavy atom. The maximum Gasteiger partial charge on any atom is 0.354 e. The highest BCUT2D eigenvalue weighted by Crippen LogP contribution is 2.14. The molecule has 0 bridgehead atoms. The van der Waals surface area contributed by atoms with Crippen LogP contribution in [0.4, 0.5) is 0 Å². The van der Waals surface area contributed by atoms with Crippen molar-refractivity contribution >= 4 is 23.1 Å². The Kier molecular flexibility index (Phi) is 4.01. The molecule has 0 fully saturated rings. The first-order valence-electron chi connectivity index (χ1n) is 7.06. The van der Waals surface area contributed by atoms with E-state index >= 15 is 0 Å². The average Bonchev–Trinajstić information content (AvgIpc) is 2.93. The van der Waals surface area contributed by atoms with Crippen LogP contribution in [0.15, 0.2) is 65.9 Å². The largest absolute Gasteiger partial charge is 0.354 e. The van der Waals surface area contributed by atoms with Crippen molar-refractivity contribution in [1.29, 1.82) is 0 Å². The Hall–Kier alpha value is -2.88. The molecule has 0 spiro atoms. The number of hydrogen-bond acceptors (Lipinski definition) is 3. The summed E-state index contributed by atoms with van der Waals surface area (Å²) in [5.41, 5.74) is 3.07. The zero-order valence-corrected chi connectivity index (χ0v) is 12.3. The normalized spacial score (nSPS) is 11.1. The molecule has 0 amide bonds. The van der Waals surface area contributed by atoms with Gasteiger partial charge < -0.3 is 9.40 Å². The number of fused-ring (bicyclic) bond motifs is 1. The first-order valence-corrected chi connectivity index (χ1v) is 7.06. The molecule has 3 rings (SSSR count). The van der Waals surface area contributed by atoms with E-state index in [1.165, 1.54) is 11.8 Å². The predicted molar refractivity (Wildman–Crippen MR) is 86.8 cm³/mol. The zero-order valence-electron chi connectivity index (χ0n) is 12.3. The van der Waals surface area contributed by atoms with E-state index in [-0.39, 0.29) is 6.54 Å². The summed E-state index contributed by atoms with van der Waals surface area (Å²) in [4.78, 5) is 16.7. The quantitative estimate of drug-likeness (QED) is 0.419. The van der Waals surface area contributed by atoms with Gasteiger partial charge in [-0.3, -0.25) is 0 Å². The summed E-state index contributed by atoms with van der Waals surface area (Å²) in [6, 6.07) is 17.7. The molecular formula is C18H16N2O2. The molecule has 4 heteroatoms. The number of aryl methyl sites for hydroxylation is 1. The van der Waals surface area contributed by atoms with Crippen molar-refractivity contribution in [3.8, 4) is 0 Å². The zero-order chi connectivity index (χ0) is 15.4. The summed E-state index contributed by atoms with van der Waals surface area (Å²) in [6.45, 7) is 2.15. The lowest BCUT2D eigenvalue weighted by Crippen LogP contribution is -2.10. The van der Waals surface area contributed by atoms with E-state index < -0.39 is 5.97 Å². The molecule has 0 saturated heterocycles. The van der Waals surface area contributed by atoms with Crippen LogP contribution < -0.4 is 0 Å². The number of rotatable bonds is 4. The molecule has 0 radical (unpaired) electrons. The second kappa shape index (κ2) is 6.26. The minimum absolute atomic E-state index is 0.138. The van der Waals surface area contributed by atoms with Gasteiger partial charge in [-0.25, -0.2) is 4.79 Å². The van der Waals surface area contributed by atoms with E-state index in [2.05, 4.69) is 5.16 Å². The van der Waals surface area contributed by atoms with Crippen molar-refractivity contribution in [2.75, 3.05) is 0 Å². The third-order valence-electron chi connectivity index (χ3n) is 3.41. The number of carbonyl (C=O) groups excluding carboxylic acids is 1. The van der Waals surface area contributed by atoms with Crippen LogP contribution in [0.2, 0.25) is 0 Å². The van der Waals surface area contributed by atoms with Crippen molar-refractivity contribution < 1.29 is 9.63 Å². The highest BCUT2D eigenvalue weighted by Gasteiger charge is 2.06. The van der Waals surface area contributed by atoms with Gasteiger partial charge in [0.2, 0.25) is 0 Å². The van der Waals surface area contributed by atoms with Crippen LogP contribution in [0.3, 0.4) is 0 Å². The standard InChI is InChI=1S/C18H16N2O2/c1-14-6-8-15(9-7-14)12-19-22-18(21)13-20-11-10-16-4-2-3-5-17(16)20/h2-12H,13H2,1H3. The summed E-state index contributed by atoms with van der Waals surface area (Å²) >= 11 is 0. The van der Waals surface area contributed by atoms with Crippen LogP contribution in [0.25, 0.3) is 10.9 Å². The average molecular weight is 292 g/mol. The van der Waals surface area contributed by atoms with Crippen molar-refractivity contribution in [2.45, 2.75) is 13.5 Å². The lowest BCUT2D eigenvalue weighted by atomic mass is 10.2. The van der Waals surface area contributed by atoms with E-state index in [9.17, 15) is 4.79 Å². The molecule has 0 atom stereocenters. The van der Waals surface area contributed by atoms with Gasteiger partial charge in [0.25, 0.3) is 0 Å². The summed E-state index contributed by atoms with van der Waals surface area (Å²) in [6.07, 6.45) is 3.40. The van der Waals surface area contributed by atoms with Crippen LogP contribution in [0.1, 0.15) is 11.1 Å². The molecule has 4 nitrogen and oxygen atoms in total. The van der Waals surface area contributed by atoms with E-state index in [0.29, 0.717) is 0 Å². The third kappa shape index (κ3) is 3.23. The van der Waals surface area contributed by atoms with Crippen LogP contribution in [0, 0.1) is 6.92 Å². The molecule has 0 aliphatic carbocycles. The molecule has 3 aromatic rings. The number of carbonyl (C=O) groups is 1. The summed E-state index contributed by atoms with van der Waals surface area (Å²) < 4.78 is 1.85. The Morgan fingerprint density at radius 1 is 1.14 bits per heavy atom. The number of benzene rings is 2. The van der Waals surface area contributed by atoms with Gasteiger partial charge in [-0.15, -0.1) is 0 Å². The predicted octanol–water partition coefficient (Wildman–Crippen LogP) is 3.53. The number of nitrogens with zero attached hydrogens (tertiary/aromatic N) is 2. The number of para-hydroxylation sites is 1.